The normalized spacial score (nSPS) is 11.1. The van der Waals surface area contributed by atoms with E-state index in [2.05, 4.69) is 43.2 Å². The Kier molecular flexibility index (Phi) is 7.75. The summed E-state index contributed by atoms with van der Waals surface area (Å²) >= 11 is 0. The highest BCUT2D eigenvalue weighted by atomic mass is 16.2. The van der Waals surface area contributed by atoms with E-state index in [4.69, 9.17) is 0 Å². The summed E-state index contributed by atoms with van der Waals surface area (Å²) in [5, 5.41) is 5.68. The monoisotopic (exact) mass is 319 g/mol. The minimum absolute atomic E-state index is 0.0183. The summed E-state index contributed by atoms with van der Waals surface area (Å²) in [4.78, 5) is 25.3. The second kappa shape index (κ2) is 9.30. The summed E-state index contributed by atoms with van der Waals surface area (Å²) in [5.74, 6) is -0.0832. The molecule has 0 aliphatic carbocycles. The molecule has 0 saturated carbocycles. The van der Waals surface area contributed by atoms with Crippen molar-refractivity contribution in [3.05, 3.63) is 29.8 Å². The number of hydrogen-bond acceptors (Lipinski definition) is 3. The first-order valence-electron chi connectivity index (χ1n) is 8.18. The third kappa shape index (κ3) is 7.28. The maximum absolute atomic E-state index is 12.0. The average molecular weight is 319 g/mol. The number of carbonyl (C=O) groups is 2. The van der Waals surface area contributed by atoms with Gasteiger partial charge in [0.2, 0.25) is 11.8 Å². The SMILES string of the molecule is CC(=O)Nc1ccc(CC(=O)NCCN(C(C)C)C(C)C)cc1. The Morgan fingerprint density at radius 3 is 2.09 bits per heavy atom. The van der Waals surface area contributed by atoms with Crippen molar-refractivity contribution in [2.24, 2.45) is 0 Å². The zero-order chi connectivity index (χ0) is 17.4. The molecule has 5 nitrogen and oxygen atoms in total. The summed E-state index contributed by atoms with van der Waals surface area (Å²) in [6.45, 7) is 11.6. The highest BCUT2D eigenvalue weighted by molar-refractivity contribution is 5.88. The molecule has 1 aromatic rings. The summed E-state index contributed by atoms with van der Waals surface area (Å²) in [6.07, 6.45) is 0.351. The molecule has 23 heavy (non-hydrogen) atoms. The number of anilines is 1. The van der Waals surface area contributed by atoms with Gasteiger partial charge in [0, 0.05) is 37.8 Å². The first-order chi connectivity index (χ1) is 10.8. The van der Waals surface area contributed by atoms with Crippen LogP contribution in [0.3, 0.4) is 0 Å². The van der Waals surface area contributed by atoms with E-state index in [0.29, 0.717) is 25.0 Å². The Balaban J connectivity index is 2.40. The average Bonchev–Trinajstić information content (AvgIpc) is 2.44. The molecule has 2 N–H and O–H groups in total. The zero-order valence-electron chi connectivity index (χ0n) is 14.8. The highest BCUT2D eigenvalue weighted by Gasteiger charge is 2.13. The van der Waals surface area contributed by atoms with Gasteiger partial charge in [-0.3, -0.25) is 14.5 Å². The molecular formula is C18H29N3O2. The maximum Gasteiger partial charge on any atom is 0.224 e. The highest BCUT2D eigenvalue weighted by Crippen LogP contribution is 2.10. The molecular weight excluding hydrogens is 290 g/mol. The topological polar surface area (TPSA) is 61.4 Å². The van der Waals surface area contributed by atoms with Crippen molar-refractivity contribution in [2.45, 2.75) is 53.1 Å². The largest absolute Gasteiger partial charge is 0.355 e. The summed E-state index contributed by atoms with van der Waals surface area (Å²) < 4.78 is 0. The van der Waals surface area contributed by atoms with E-state index in [9.17, 15) is 9.59 Å². The lowest BCUT2D eigenvalue weighted by Gasteiger charge is -2.30. The van der Waals surface area contributed by atoms with Gasteiger partial charge in [-0.25, -0.2) is 0 Å². The number of amides is 2. The molecule has 2 amide bonds. The van der Waals surface area contributed by atoms with Gasteiger partial charge in [-0.2, -0.15) is 0 Å². The molecule has 0 saturated heterocycles. The number of nitrogens with zero attached hydrogens (tertiary/aromatic N) is 1. The fourth-order valence-electron chi connectivity index (χ4n) is 2.59. The molecule has 0 unspecified atom stereocenters. The molecule has 0 atom stereocenters. The molecule has 0 spiro atoms. The van der Waals surface area contributed by atoms with Crippen molar-refractivity contribution in [3.63, 3.8) is 0 Å². The van der Waals surface area contributed by atoms with Crippen molar-refractivity contribution in [1.82, 2.24) is 10.2 Å². The maximum atomic E-state index is 12.0. The fourth-order valence-corrected chi connectivity index (χ4v) is 2.59. The second-order valence-corrected chi connectivity index (χ2v) is 6.33. The van der Waals surface area contributed by atoms with Crippen LogP contribution in [0, 0.1) is 0 Å². The quantitative estimate of drug-likeness (QED) is 0.773. The van der Waals surface area contributed by atoms with Crippen molar-refractivity contribution in [2.75, 3.05) is 18.4 Å². The molecule has 1 rings (SSSR count). The number of benzene rings is 1. The molecule has 128 valence electrons. The first-order valence-corrected chi connectivity index (χ1v) is 8.18. The smallest absolute Gasteiger partial charge is 0.224 e. The Hall–Kier alpha value is -1.88. The minimum atomic E-state index is -0.102. The van der Waals surface area contributed by atoms with Crippen LogP contribution in [-0.2, 0) is 16.0 Å². The predicted molar refractivity (Wildman–Crippen MR) is 94.4 cm³/mol. The van der Waals surface area contributed by atoms with Crippen LogP contribution in [0.25, 0.3) is 0 Å². The predicted octanol–water partition coefficient (Wildman–Crippen LogP) is 2.42. The van der Waals surface area contributed by atoms with Crippen LogP contribution in [0.5, 0.6) is 0 Å². The number of rotatable bonds is 8. The van der Waals surface area contributed by atoms with Crippen molar-refractivity contribution in [3.8, 4) is 0 Å². The third-order valence-corrected chi connectivity index (χ3v) is 3.66. The molecule has 0 heterocycles. The second-order valence-electron chi connectivity index (χ2n) is 6.33. The summed E-state index contributed by atoms with van der Waals surface area (Å²) in [6, 6.07) is 8.27. The van der Waals surface area contributed by atoms with Gasteiger partial charge in [-0.1, -0.05) is 12.1 Å². The Morgan fingerprint density at radius 2 is 1.61 bits per heavy atom. The first kappa shape index (κ1) is 19.2. The van der Waals surface area contributed by atoms with Gasteiger partial charge in [0.05, 0.1) is 6.42 Å². The van der Waals surface area contributed by atoms with Gasteiger partial charge in [0.1, 0.15) is 0 Å². The third-order valence-electron chi connectivity index (χ3n) is 3.66. The van der Waals surface area contributed by atoms with Crippen LogP contribution >= 0.6 is 0 Å². The minimum Gasteiger partial charge on any atom is -0.355 e. The number of carbonyl (C=O) groups excluding carboxylic acids is 2. The summed E-state index contributed by atoms with van der Waals surface area (Å²) in [7, 11) is 0. The van der Waals surface area contributed by atoms with Gasteiger partial charge in [0.15, 0.2) is 0 Å². The standard InChI is InChI=1S/C18H29N3O2/c1-13(2)21(14(3)4)11-10-19-18(23)12-16-6-8-17(9-7-16)20-15(5)22/h6-9,13-14H,10-12H2,1-5H3,(H,19,23)(H,20,22). The molecule has 0 bridgehead atoms. The Labute approximate surface area is 139 Å². The van der Waals surface area contributed by atoms with Gasteiger partial charge >= 0.3 is 0 Å². The van der Waals surface area contributed by atoms with Crippen LogP contribution < -0.4 is 10.6 Å². The van der Waals surface area contributed by atoms with E-state index < -0.39 is 0 Å². The van der Waals surface area contributed by atoms with Crippen LogP contribution in [-0.4, -0.2) is 41.9 Å². The van der Waals surface area contributed by atoms with Gasteiger partial charge in [-0.05, 0) is 45.4 Å². The number of hydrogen-bond donors (Lipinski definition) is 2. The van der Waals surface area contributed by atoms with E-state index in [-0.39, 0.29) is 11.8 Å². The Bertz CT molecular complexity index is 502. The Morgan fingerprint density at radius 1 is 1.04 bits per heavy atom. The van der Waals surface area contributed by atoms with Gasteiger partial charge in [-0.15, -0.1) is 0 Å². The van der Waals surface area contributed by atoms with Crippen molar-refractivity contribution in [1.29, 1.82) is 0 Å². The van der Waals surface area contributed by atoms with Crippen LogP contribution in [0.15, 0.2) is 24.3 Å². The van der Waals surface area contributed by atoms with E-state index in [1.165, 1.54) is 6.92 Å². The zero-order valence-corrected chi connectivity index (χ0v) is 14.8. The van der Waals surface area contributed by atoms with E-state index in [1.54, 1.807) is 0 Å². The lowest BCUT2D eigenvalue weighted by atomic mass is 10.1. The van der Waals surface area contributed by atoms with Crippen molar-refractivity contribution >= 4 is 17.5 Å². The van der Waals surface area contributed by atoms with Crippen LogP contribution in [0.4, 0.5) is 5.69 Å². The van der Waals surface area contributed by atoms with E-state index in [1.807, 2.05) is 24.3 Å². The van der Waals surface area contributed by atoms with E-state index >= 15 is 0 Å². The fraction of sp³-hybridized carbons (Fsp3) is 0.556. The lowest BCUT2D eigenvalue weighted by molar-refractivity contribution is -0.120. The molecule has 0 aromatic heterocycles. The van der Waals surface area contributed by atoms with Gasteiger partial charge < -0.3 is 10.6 Å². The van der Waals surface area contributed by atoms with Crippen molar-refractivity contribution < 1.29 is 9.59 Å². The molecule has 1 aromatic carbocycles. The number of nitrogens with one attached hydrogen (secondary N) is 2. The molecule has 5 heteroatoms. The van der Waals surface area contributed by atoms with Crippen LogP contribution in [0.1, 0.15) is 40.2 Å². The molecule has 0 aliphatic heterocycles. The summed E-state index contributed by atoms with van der Waals surface area (Å²) in [5.41, 5.74) is 1.67. The molecule has 0 radical (unpaired) electrons. The van der Waals surface area contributed by atoms with Crippen LogP contribution in [0.2, 0.25) is 0 Å². The lowest BCUT2D eigenvalue weighted by Crippen LogP contribution is -2.42. The molecule has 0 fully saturated rings. The molecule has 0 aliphatic rings. The van der Waals surface area contributed by atoms with Gasteiger partial charge in [0.25, 0.3) is 0 Å². The van der Waals surface area contributed by atoms with E-state index in [0.717, 1.165) is 17.8 Å².